The Hall–Kier alpha value is -2.15. The average Bonchev–Trinajstić information content (AvgIpc) is 2.43. The monoisotopic (exact) mass is 321 g/mol. The van der Waals surface area contributed by atoms with Gasteiger partial charge in [-0.2, -0.15) is 0 Å². The molecule has 0 aliphatic heterocycles. The fourth-order valence-corrected chi connectivity index (χ4v) is 1.93. The minimum Gasteiger partial charge on any atom is -0.399 e. The highest BCUT2D eigenvalue weighted by Gasteiger charge is 2.30. The SMILES string of the molecule is Nc1ccc(C(=O)c2c(F)c(F)c(F)c(F)c2F)c(Cl)c1. The molecule has 21 heavy (non-hydrogen) atoms. The van der Waals surface area contributed by atoms with Crippen LogP contribution in [0.5, 0.6) is 0 Å². The van der Waals surface area contributed by atoms with E-state index in [4.69, 9.17) is 17.3 Å². The molecule has 2 N–H and O–H groups in total. The number of anilines is 1. The van der Waals surface area contributed by atoms with Crippen molar-refractivity contribution in [3.05, 3.63) is 63.4 Å². The van der Waals surface area contributed by atoms with Gasteiger partial charge >= 0.3 is 0 Å². The molecule has 2 rings (SSSR count). The summed E-state index contributed by atoms with van der Waals surface area (Å²) < 4.78 is 66.1. The van der Waals surface area contributed by atoms with Gasteiger partial charge in [-0.15, -0.1) is 0 Å². The molecule has 110 valence electrons. The smallest absolute Gasteiger partial charge is 0.200 e. The zero-order chi connectivity index (χ0) is 15.9. The number of benzene rings is 2. The van der Waals surface area contributed by atoms with Crippen LogP contribution in [0.3, 0.4) is 0 Å². The Morgan fingerprint density at radius 3 is 1.86 bits per heavy atom. The van der Waals surface area contributed by atoms with Crippen LogP contribution in [-0.2, 0) is 0 Å². The van der Waals surface area contributed by atoms with Crippen LogP contribution in [-0.4, -0.2) is 5.78 Å². The summed E-state index contributed by atoms with van der Waals surface area (Å²) in [5, 5.41) is -0.274. The Kier molecular flexibility index (Phi) is 3.87. The number of nitrogens with two attached hydrogens (primary N) is 1. The van der Waals surface area contributed by atoms with Crippen LogP contribution in [0.1, 0.15) is 15.9 Å². The highest BCUT2D eigenvalue weighted by Crippen LogP contribution is 2.28. The van der Waals surface area contributed by atoms with Gasteiger partial charge in [0.15, 0.2) is 23.3 Å². The summed E-state index contributed by atoms with van der Waals surface area (Å²) >= 11 is 5.68. The predicted octanol–water partition coefficient (Wildman–Crippen LogP) is 3.85. The number of hydrogen-bond acceptors (Lipinski definition) is 2. The van der Waals surface area contributed by atoms with Crippen LogP contribution in [0.25, 0.3) is 0 Å². The second-order valence-electron chi connectivity index (χ2n) is 4.01. The molecule has 2 aromatic carbocycles. The third-order valence-electron chi connectivity index (χ3n) is 2.67. The summed E-state index contributed by atoms with van der Waals surface area (Å²) in [5.41, 5.74) is 3.53. The lowest BCUT2D eigenvalue weighted by Crippen LogP contribution is -2.14. The molecule has 0 atom stereocenters. The van der Waals surface area contributed by atoms with E-state index in [1.54, 1.807) is 0 Å². The molecule has 0 saturated heterocycles. The molecule has 0 aliphatic rings. The van der Waals surface area contributed by atoms with Gasteiger partial charge < -0.3 is 5.73 Å². The third kappa shape index (κ3) is 2.44. The van der Waals surface area contributed by atoms with E-state index < -0.39 is 46.0 Å². The maximum atomic E-state index is 13.5. The molecule has 2 nitrogen and oxygen atoms in total. The van der Waals surface area contributed by atoms with E-state index in [1.807, 2.05) is 0 Å². The van der Waals surface area contributed by atoms with E-state index in [1.165, 1.54) is 6.07 Å². The fraction of sp³-hybridized carbons (Fsp3) is 0. The Balaban J connectivity index is 2.70. The number of hydrogen-bond donors (Lipinski definition) is 1. The topological polar surface area (TPSA) is 43.1 Å². The number of carbonyl (C=O) groups excluding carboxylic acids is 1. The number of rotatable bonds is 2. The minimum absolute atomic E-state index is 0.161. The van der Waals surface area contributed by atoms with Gasteiger partial charge in [0.05, 0.1) is 5.02 Å². The van der Waals surface area contributed by atoms with Gasteiger partial charge in [-0.25, -0.2) is 22.0 Å². The summed E-state index contributed by atoms with van der Waals surface area (Å²) in [7, 11) is 0. The summed E-state index contributed by atoms with van der Waals surface area (Å²) in [4.78, 5) is 12.0. The molecule has 0 amide bonds. The summed E-state index contributed by atoms with van der Waals surface area (Å²) in [6.07, 6.45) is 0. The number of ketones is 1. The molecule has 0 fully saturated rings. The Bertz CT molecular complexity index is 734. The first-order valence-corrected chi connectivity index (χ1v) is 5.74. The Morgan fingerprint density at radius 2 is 1.38 bits per heavy atom. The van der Waals surface area contributed by atoms with Gasteiger partial charge in [0.1, 0.15) is 5.56 Å². The molecule has 8 heteroatoms. The molecule has 0 bridgehead atoms. The average molecular weight is 322 g/mol. The maximum Gasteiger partial charge on any atom is 0.200 e. The zero-order valence-electron chi connectivity index (χ0n) is 9.99. The van der Waals surface area contributed by atoms with Crippen molar-refractivity contribution < 1.29 is 26.7 Å². The van der Waals surface area contributed by atoms with E-state index >= 15 is 0 Å². The van der Waals surface area contributed by atoms with Crippen LogP contribution in [0.4, 0.5) is 27.6 Å². The van der Waals surface area contributed by atoms with E-state index in [0.29, 0.717) is 0 Å². The largest absolute Gasteiger partial charge is 0.399 e. The van der Waals surface area contributed by atoms with Gasteiger partial charge in [0.25, 0.3) is 0 Å². The molecule has 0 unspecified atom stereocenters. The third-order valence-corrected chi connectivity index (χ3v) is 2.99. The van der Waals surface area contributed by atoms with E-state index in [9.17, 15) is 26.7 Å². The van der Waals surface area contributed by atoms with Crippen molar-refractivity contribution in [1.82, 2.24) is 0 Å². The summed E-state index contributed by atoms with van der Waals surface area (Å²) in [5.74, 6) is -12.6. The van der Waals surface area contributed by atoms with Crippen LogP contribution < -0.4 is 5.73 Å². The maximum absolute atomic E-state index is 13.5. The molecule has 0 heterocycles. The lowest BCUT2D eigenvalue weighted by atomic mass is 10.0. The van der Waals surface area contributed by atoms with Gasteiger partial charge in [0, 0.05) is 11.3 Å². The van der Waals surface area contributed by atoms with Crippen LogP contribution in [0.15, 0.2) is 18.2 Å². The van der Waals surface area contributed by atoms with Gasteiger partial charge in [0.2, 0.25) is 11.6 Å². The number of carbonyl (C=O) groups is 1. The Labute approximate surface area is 119 Å². The lowest BCUT2D eigenvalue weighted by molar-refractivity contribution is 0.102. The van der Waals surface area contributed by atoms with E-state index in [2.05, 4.69) is 0 Å². The number of nitrogen functional groups attached to an aromatic ring is 1. The van der Waals surface area contributed by atoms with Gasteiger partial charge in [-0.3, -0.25) is 4.79 Å². The molecule has 2 aromatic rings. The molecule has 0 aliphatic carbocycles. The second kappa shape index (κ2) is 5.33. The van der Waals surface area contributed by atoms with Crippen LogP contribution in [0, 0.1) is 29.1 Å². The van der Waals surface area contributed by atoms with Crippen molar-refractivity contribution in [3.63, 3.8) is 0 Å². The minimum atomic E-state index is -2.34. The fourth-order valence-electron chi connectivity index (χ4n) is 1.65. The van der Waals surface area contributed by atoms with Crippen LogP contribution >= 0.6 is 11.6 Å². The van der Waals surface area contributed by atoms with E-state index in [-0.39, 0.29) is 10.7 Å². The first-order chi connectivity index (χ1) is 9.75. The second-order valence-corrected chi connectivity index (χ2v) is 4.42. The van der Waals surface area contributed by atoms with Crippen molar-refractivity contribution in [2.24, 2.45) is 0 Å². The first-order valence-electron chi connectivity index (χ1n) is 5.36. The molecule has 0 spiro atoms. The zero-order valence-corrected chi connectivity index (χ0v) is 10.7. The molecule has 0 radical (unpaired) electrons. The standard InChI is InChI=1S/C13H5ClF5NO/c14-6-3-4(20)1-2-5(6)13(21)7-8(15)10(17)12(19)11(18)9(7)16/h1-3H,20H2. The van der Waals surface area contributed by atoms with Crippen molar-refractivity contribution in [3.8, 4) is 0 Å². The quantitative estimate of drug-likeness (QED) is 0.300. The van der Waals surface area contributed by atoms with Crippen LogP contribution in [0.2, 0.25) is 5.02 Å². The normalized spacial score (nSPS) is 10.8. The molecular weight excluding hydrogens is 317 g/mol. The molecule has 0 aromatic heterocycles. The molecule has 0 saturated carbocycles. The van der Waals surface area contributed by atoms with Gasteiger partial charge in [-0.1, -0.05) is 11.6 Å². The highest BCUT2D eigenvalue weighted by molar-refractivity contribution is 6.35. The number of halogens is 6. The van der Waals surface area contributed by atoms with Crippen molar-refractivity contribution in [1.29, 1.82) is 0 Å². The molecular formula is C13H5ClF5NO. The predicted molar refractivity (Wildman–Crippen MR) is 65.5 cm³/mol. The summed E-state index contributed by atoms with van der Waals surface area (Å²) in [6.45, 7) is 0. The van der Waals surface area contributed by atoms with Crippen molar-refractivity contribution in [2.75, 3.05) is 5.73 Å². The highest BCUT2D eigenvalue weighted by atomic mass is 35.5. The van der Waals surface area contributed by atoms with Gasteiger partial charge in [-0.05, 0) is 18.2 Å². The first kappa shape index (κ1) is 15.2. The van der Waals surface area contributed by atoms with Crippen molar-refractivity contribution in [2.45, 2.75) is 0 Å². The lowest BCUT2D eigenvalue weighted by Gasteiger charge is -2.09. The van der Waals surface area contributed by atoms with Crippen molar-refractivity contribution >= 4 is 23.1 Å². The summed E-state index contributed by atoms with van der Waals surface area (Å²) in [6, 6.07) is 3.34. The van der Waals surface area contributed by atoms with E-state index in [0.717, 1.165) is 12.1 Å². The Morgan fingerprint density at radius 1 is 0.905 bits per heavy atom.